The summed E-state index contributed by atoms with van der Waals surface area (Å²) in [5.74, 6) is 0.423. The van der Waals surface area contributed by atoms with E-state index in [0.29, 0.717) is 24.3 Å². The van der Waals surface area contributed by atoms with Gasteiger partial charge < -0.3 is 15.5 Å². The normalized spacial score (nSPS) is 15.0. The van der Waals surface area contributed by atoms with E-state index < -0.39 is 5.82 Å². The van der Waals surface area contributed by atoms with Crippen LogP contribution in [-0.2, 0) is 19.5 Å². The average molecular weight is 390 g/mol. The number of carbonyl (C=O) groups excluding carboxylic acids is 1. The summed E-state index contributed by atoms with van der Waals surface area (Å²) >= 11 is 0. The number of pyridine rings is 3. The first-order chi connectivity index (χ1) is 14.1. The molecule has 3 aromatic rings. The lowest BCUT2D eigenvalue weighted by atomic mass is 10.0. The molecule has 29 heavy (non-hydrogen) atoms. The van der Waals surface area contributed by atoms with Crippen LogP contribution in [0.3, 0.4) is 0 Å². The van der Waals surface area contributed by atoms with Crippen molar-refractivity contribution in [1.82, 2.24) is 20.3 Å². The first kappa shape index (κ1) is 17.5. The third-order valence-corrected chi connectivity index (χ3v) is 5.32. The number of hydrogen-bond acceptors (Lipinski definition) is 6. The zero-order valence-electron chi connectivity index (χ0n) is 15.9. The van der Waals surface area contributed by atoms with Crippen LogP contribution in [0.15, 0.2) is 36.8 Å². The van der Waals surface area contributed by atoms with Crippen molar-refractivity contribution in [3.8, 4) is 0 Å². The number of aryl methyl sites for hydroxylation is 1. The van der Waals surface area contributed by atoms with Gasteiger partial charge in [0.15, 0.2) is 5.82 Å². The van der Waals surface area contributed by atoms with Crippen LogP contribution >= 0.6 is 0 Å². The fourth-order valence-electron chi connectivity index (χ4n) is 3.86. The molecule has 0 aromatic carbocycles. The maximum Gasteiger partial charge on any atom is 0.253 e. The summed E-state index contributed by atoms with van der Waals surface area (Å²) in [6, 6.07) is 5.51. The van der Waals surface area contributed by atoms with E-state index in [2.05, 4.69) is 25.5 Å². The molecule has 5 heterocycles. The number of anilines is 3. The minimum absolute atomic E-state index is 0.0607. The van der Waals surface area contributed by atoms with Gasteiger partial charge in [0, 0.05) is 31.4 Å². The van der Waals surface area contributed by atoms with E-state index in [0.717, 1.165) is 47.0 Å². The summed E-state index contributed by atoms with van der Waals surface area (Å²) in [6.45, 7) is 3.91. The van der Waals surface area contributed by atoms with Crippen LogP contribution in [0.2, 0.25) is 0 Å². The Balaban J connectivity index is 1.42. The lowest BCUT2D eigenvalue weighted by molar-refractivity contribution is 0.0965. The summed E-state index contributed by atoms with van der Waals surface area (Å²) in [5, 5.41) is 5.89. The Kier molecular flexibility index (Phi) is 4.12. The number of nitrogens with one attached hydrogen (secondary N) is 2. The first-order valence-corrected chi connectivity index (χ1v) is 9.46. The lowest BCUT2D eigenvalue weighted by Crippen LogP contribution is -2.32. The number of rotatable bonds is 3. The van der Waals surface area contributed by atoms with Crippen LogP contribution in [0.4, 0.5) is 21.6 Å². The second-order valence-electron chi connectivity index (χ2n) is 7.29. The highest BCUT2D eigenvalue weighted by atomic mass is 19.1. The molecule has 0 saturated carbocycles. The molecule has 7 nitrogen and oxygen atoms in total. The van der Waals surface area contributed by atoms with Crippen molar-refractivity contribution in [1.29, 1.82) is 0 Å². The van der Waals surface area contributed by atoms with E-state index in [1.807, 2.05) is 19.1 Å². The minimum Gasteiger partial charge on any atom is -0.352 e. The molecule has 0 saturated heterocycles. The number of aromatic nitrogens is 3. The molecule has 0 atom stereocenters. The Bertz CT molecular complexity index is 1130. The van der Waals surface area contributed by atoms with Crippen molar-refractivity contribution in [2.75, 3.05) is 16.8 Å². The van der Waals surface area contributed by atoms with E-state index >= 15 is 0 Å². The van der Waals surface area contributed by atoms with E-state index in [1.165, 1.54) is 6.20 Å². The average Bonchev–Trinajstić information content (AvgIpc) is 3.08. The molecule has 0 fully saturated rings. The van der Waals surface area contributed by atoms with E-state index in [1.54, 1.807) is 18.5 Å². The highest BCUT2D eigenvalue weighted by Crippen LogP contribution is 2.29. The predicted octanol–water partition coefficient (Wildman–Crippen LogP) is 2.87. The zero-order valence-corrected chi connectivity index (χ0v) is 15.9. The number of nitrogens with zero attached hydrogens (tertiary/aromatic N) is 4. The zero-order chi connectivity index (χ0) is 20.0. The fraction of sp³-hybridized carbons (Fsp3) is 0.238. The first-order valence-electron chi connectivity index (χ1n) is 9.46. The molecular weight excluding hydrogens is 371 g/mol. The summed E-state index contributed by atoms with van der Waals surface area (Å²) in [5.41, 5.74) is 5.64. The Morgan fingerprint density at radius 3 is 3.00 bits per heavy atom. The quantitative estimate of drug-likeness (QED) is 0.716. The smallest absolute Gasteiger partial charge is 0.253 e. The third kappa shape index (κ3) is 3.16. The monoisotopic (exact) mass is 390 g/mol. The molecule has 0 spiro atoms. The fourth-order valence-corrected chi connectivity index (χ4v) is 3.86. The van der Waals surface area contributed by atoms with Crippen molar-refractivity contribution in [2.24, 2.45) is 0 Å². The van der Waals surface area contributed by atoms with Gasteiger partial charge in [0.1, 0.15) is 5.82 Å². The third-order valence-electron chi connectivity index (χ3n) is 5.32. The molecule has 0 aliphatic carbocycles. The molecule has 8 heteroatoms. The van der Waals surface area contributed by atoms with E-state index in [9.17, 15) is 9.18 Å². The summed E-state index contributed by atoms with van der Waals surface area (Å²) in [7, 11) is 0. The molecule has 3 aromatic heterocycles. The predicted molar refractivity (Wildman–Crippen MR) is 107 cm³/mol. The Morgan fingerprint density at radius 2 is 2.14 bits per heavy atom. The number of fused-ring (bicyclic) bond motifs is 2. The van der Waals surface area contributed by atoms with Gasteiger partial charge in [-0.15, -0.1) is 0 Å². The molecule has 2 aliphatic rings. The van der Waals surface area contributed by atoms with Gasteiger partial charge in [0.25, 0.3) is 5.91 Å². The molecule has 0 radical (unpaired) electrons. The highest BCUT2D eigenvalue weighted by Gasteiger charge is 2.25. The van der Waals surface area contributed by atoms with Crippen LogP contribution in [0.1, 0.15) is 32.9 Å². The standard InChI is InChI=1S/C21H19FN6O/c1-12-6-15-19(10-25-21(15)29)27-20(12)28-5-3-17-13(11-28)7-14(8-24-17)26-18-2-4-23-9-16(18)22/h2,4,6-9H,3,5,10-11H2,1H3,(H,23,26)(H,25,29). The SMILES string of the molecule is Cc1cc2c(nc1N1CCc3ncc(Nc4ccncc4F)cc3C1)CNC2=O. The maximum atomic E-state index is 13.9. The second-order valence-corrected chi connectivity index (χ2v) is 7.29. The molecular formula is C21H19FN6O. The van der Waals surface area contributed by atoms with Crippen molar-refractivity contribution in [3.63, 3.8) is 0 Å². The Labute approximate surface area is 167 Å². The van der Waals surface area contributed by atoms with Gasteiger partial charge in [-0.1, -0.05) is 0 Å². The number of carbonyl (C=O) groups is 1. The van der Waals surface area contributed by atoms with Gasteiger partial charge in [-0.2, -0.15) is 0 Å². The van der Waals surface area contributed by atoms with E-state index in [-0.39, 0.29) is 5.91 Å². The Morgan fingerprint density at radius 1 is 1.24 bits per heavy atom. The summed E-state index contributed by atoms with van der Waals surface area (Å²) in [4.78, 5) is 27.2. The highest BCUT2D eigenvalue weighted by molar-refractivity contribution is 5.98. The van der Waals surface area contributed by atoms with Crippen molar-refractivity contribution in [2.45, 2.75) is 26.4 Å². The van der Waals surface area contributed by atoms with Crippen molar-refractivity contribution < 1.29 is 9.18 Å². The summed E-state index contributed by atoms with van der Waals surface area (Å²) < 4.78 is 13.9. The molecule has 146 valence electrons. The van der Waals surface area contributed by atoms with E-state index in [4.69, 9.17) is 4.98 Å². The van der Waals surface area contributed by atoms with Gasteiger partial charge >= 0.3 is 0 Å². The number of amides is 1. The lowest BCUT2D eigenvalue weighted by Gasteiger charge is -2.31. The number of hydrogen-bond donors (Lipinski definition) is 2. The van der Waals surface area contributed by atoms with Crippen molar-refractivity contribution in [3.05, 3.63) is 70.7 Å². The molecule has 2 N–H and O–H groups in total. The van der Waals surface area contributed by atoms with Crippen LogP contribution in [0, 0.1) is 12.7 Å². The second kappa shape index (κ2) is 6.80. The minimum atomic E-state index is -0.409. The molecule has 0 unspecified atom stereocenters. The molecule has 0 bridgehead atoms. The number of halogens is 1. The van der Waals surface area contributed by atoms with Crippen LogP contribution in [0.25, 0.3) is 0 Å². The summed E-state index contributed by atoms with van der Waals surface area (Å²) in [6.07, 6.45) is 5.25. The van der Waals surface area contributed by atoms with Crippen LogP contribution in [0.5, 0.6) is 0 Å². The van der Waals surface area contributed by atoms with Gasteiger partial charge in [-0.25, -0.2) is 9.37 Å². The molecule has 5 rings (SSSR count). The largest absolute Gasteiger partial charge is 0.352 e. The van der Waals surface area contributed by atoms with Crippen LogP contribution in [-0.4, -0.2) is 27.4 Å². The van der Waals surface area contributed by atoms with Gasteiger partial charge in [0.2, 0.25) is 0 Å². The van der Waals surface area contributed by atoms with Gasteiger partial charge in [-0.3, -0.25) is 14.8 Å². The topological polar surface area (TPSA) is 83.0 Å². The van der Waals surface area contributed by atoms with Crippen LogP contribution < -0.4 is 15.5 Å². The molecule has 2 aliphatic heterocycles. The van der Waals surface area contributed by atoms with Gasteiger partial charge in [-0.05, 0) is 36.2 Å². The molecule has 1 amide bonds. The van der Waals surface area contributed by atoms with Gasteiger partial charge in [0.05, 0.1) is 41.6 Å². The maximum absolute atomic E-state index is 13.9. The Hall–Kier alpha value is -3.55. The van der Waals surface area contributed by atoms with Crippen molar-refractivity contribution >= 4 is 23.1 Å².